The largest absolute Gasteiger partial charge is 0.372 e. The molecule has 0 aliphatic carbocycles. The number of thiazole rings is 1. The third-order valence-electron chi connectivity index (χ3n) is 1.73. The standard InChI is InChI=1S/C9H16N2OS/c1-3-12-7(2)9-11-8(4-5-10)6-13-9/h6-7H,3-5,10H2,1-2H3. The van der Waals surface area contributed by atoms with E-state index < -0.39 is 0 Å². The van der Waals surface area contributed by atoms with Crippen molar-refractivity contribution in [3.63, 3.8) is 0 Å². The van der Waals surface area contributed by atoms with Crippen molar-refractivity contribution in [2.75, 3.05) is 13.2 Å². The maximum Gasteiger partial charge on any atom is 0.121 e. The number of aromatic nitrogens is 1. The van der Waals surface area contributed by atoms with Crippen LogP contribution in [0.4, 0.5) is 0 Å². The molecule has 0 fully saturated rings. The highest BCUT2D eigenvalue weighted by Crippen LogP contribution is 2.20. The lowest BCUT2D eigenvalue weighted by molar-refractivity contribution is 0.0761. The van der Waals surface area contributed by atoms with Crippen molar-refractivity contribution in [1.29, 1.82) is 0 Å². The van der Waals surface area contributed by atoms with Crippen molar-refractivity contribution in [1.82, 2.24) is 4.98 Å². The van der Waals surface area contributed by atoms with Gasteiger partial charge in [0.2, 0.25) is 0 Å². The summed E-state index contributed by atoms with van der Waals surface area (Å²) in [6, 6.07) is 0. The van der Waals surface area contributed by atoms with E-state index in [-0.39, 0.29) is 6.10 Å². The zero-order valence-electron chi connectivity index (χ0n) is 8.12. The summed E-state index contributed by atoms with van der Waals surface area (Å²) >= 11 is 1.65. The normalized spacial score (nSPS) is 13.2. The lowest BCUT2D eigenvalue weighted by atomic mass is 10.3. The zero-order valence-corrected chi connectivity index (χ0v) is 8.93. The maximum absolute atomic E-state index is 5.44. The van der Waals surface area contributed by atoms with Crippen LogP contribution >= 0.6 is 11.3 Å². The summed E-state index contributed by atoms with van der Waals surface area (Å²) in [5.41, 5.74) is 6.52. The number of hydrogen-bond acceptors (Lipinski definition) is 4. The molecular weight excluding hydrogens is 184 g/mol. The second-order valence-corrected chi connectivity index (χ2v) is 3.70. The molecule has 0 aromatic carbocycles. The first-order chi connectivity index (χ1) is 6.27. The molecule has 1 rings (SSSR count). The van der Waals surface area contributed by atoms with Gasteiger partial charge in [-0.05, 0) is 20.4 Å². The lowest BCUT2D eigenvalue weighted by Crippen LogP contribution is -2.04. The van der Waals surface area contributed by atoms with Crippen LogP contribution in [0, 0.1) is 0 Å². The minimum absolute atomic E-state index is 0.113. The highest BCUT2D eigenvalue weighted by Gasteiger charge is 2.09. The van der Waals surface area contributed by atoms with Crippen LogP contribution < -0.4 is 5.73 Å². The van der Waals surface area contributed by atoms with Gasteiger partial charge in [-0.1, -0.05) is 0 Å². The number of hydrogen-bond donors (Lipinski definition) is 1. The molecule has 3 nitrogen and oxygen atoms in total. The molecule has 1 aromatic heterocycles. The molecule has 1 aromatic rings. The predicted molar refractivity (Wildman–Crippen MR) is 54.9 cm³/mol. The molecule has 0 aliphatic rings. The first-order valence-electron chi connectivity index (χ1n) is 4.54. The van der Waals surface area contributed by atoms with E-state index in [1.54, 1.807) is 11.3 Å². The minimum Gasteiger partial charge on any atom is -0.372 e. The Labute approximate surface area is 82.9 Å². The molecule has 0 amide bonds. The van der Waals surface area contributed by atoms with Crippen LogP contribution in [0.3, 0.4) is 0 Å². The van der Waals surface area contributed by atoms with Gasteiger partial charge in [0.15, 0.2) is 0 Å². The van der Waals surface area contributed by atoms with Crippen LogP contribution in [0.25, 0.3) is 0 Å². The highest BCUT2D eigenvalue weighted by molar-refractivity contribution is 7.09. The monoisotopic (exact) mass is 200 g/mol. The number of ether oxygens (including phenoxy) is 1. The van der Waals surface area contributed by atoms with Crippen molar-refractivity contribution in [3.05, 3.63) is 16.1 Å². The van der Waals surface area contributed by atoms with Crippen LogP contribution in [-0.4, -0.2) is 18.1 Å². The highest BCUT2D eigenvalue weighted by atomic mass is 32.1. The Balaban J connectivity index is 2.56. The molecule has 13 heavy (non-hydrogen) atoms. The van der Waals surface area contributed by atoms with E-state index in [1.165, 1.54) is 0 Å². The van der Waals surface area contributed by atoms with Gasteiger partial charge in [-0.3, -0.25) is 0 Å². The topological polar surface area (TPSA) is 48.1 Å². The number of rotatable bonds is 5. The molecule has 4 heteroatoms. The fraction of sp³-hybridized carbons (Fsp3) is 0.667. The molecule has 1 unspecified atom stereocenters. The smallest absolute Gasteiger partial charge is 0.121 e. The molecular formula is C9H16N2OS. The summed E-state index contributed by atoms with van der Waals surface area (Å²) in [6.07, 6.45) is 0.969. The van der Waals surface area contributed by atoms with Crippen molar-refractivity contribution in [2.45, 2.75) is 26.4 Å². The third-order valence-corrected chi connectivity index (χ3v) is 2.79. The molecule has 2 N–H and O–H groups in total. The fourth-order valence-electron chi connectivity index (χ4n) is 1.09. The third kappa shape index (κ3) is 3.06. The fourth-order valence-corrected chi connectivity index (χ4v) is 1.95. The van der Waals surface area contributed by atoms with Crippen molar-refractivity contribution < 1.29 is 4.74 Å². The Morgan fingerprint density at radius 3 is 3.08 bits per heavy atom. The molecule has 0 bridgehead atoms. The molecule has 1 atom stereocenters. The average molecular weight is 200 g/mol. The molecule has 0 aliphatic heterocycles. The Kier molecular flexibility index (Phi) is 4.35. The van der Waals surface area contributed by atoms with E-state index in [0.29, 0.717) is 6.54 Å². The van der Waals surface area contributed by atoms with E-state index in [9.17, 15) is 0 Å². The first kappa shape index (κ1) is 10.6. The summed E-state index contributed by atoms with van der Waals surface area (Å²) in [7, 11) is 0. The SMILES string of the molecule is CCOC(C)c1nc(CCN)cs1. The Morgan fingerprint density at radius 1 is 1.69 bits per heavy atom. The van der Waals surface area contributed by atoms with Crippen LogP contribution in [0.5, 0.6) is 0 Å². The first-order valence-corrected chi connectivity index (χ1v) is 5.41. The van der Waals surface area contributed by atoms with Gasteiger partial charge in [-0.2, -0.15) is 0 Å². The minimum atomic E-state index is 0.113. The van der Waals surface area contributed by atoms with E-state index in [4.69, 9.17) is 10.5 Å². The van der Waals surface area contributed by atoms with E-state index >= 15 is 0 Å². The van der Waals surface area contributed by atoms with Crippen molar-refractivity contribution in [2.24, 2.45) is 5.73 Å². The van der Waals surface area contributed by atoms with Gasteiger partial charge in [0.25, 0.3) is 0 Å². The lowest BCUT2D eigenvalue weighted by Gasteiger charge is -2.06. The summed E-state index contributed by atoms with van der Waals surface area (Å²) in [5.74, 6) is 0. The molecule has 0 saturated heterocycles. The summed E-state index contributed by atoms with van der Waals surface area (Å²) in [5, 5.41) is 3.10. The van der Waals surface area contributed by atoms with Gasteiger partial charge in [0.05, 0.1) is 5.69 Å². The zero-order chi connectivity index (χ0) is 9.68. The van der Waals surface area contributed by atoms with Crippen LogP contribution in [0.15, 0.2) is 5.38 Å². The van der Waals surface area contributed by atoms with Gasteiger partial charge in [-0.15, -0.1) is 11.3 Å². The summed E-state index contributed by atoms with van der Waals surface area (Å²) in [4.78, 5) is 4.43. The van der Waals surface area contributed by atoms with Crippen molar-refractivity contribution in [3.8, 4) is 0 Å². The van der Waals surface area contributed by atoms with Gasteiger partial charge in [0, 0.05) is 18.4 Å². The molecule has 0 saturated carbocycles. The number of nitrogens with zero attached hydrogens (tertiary/aromatic N) is 1. The van der Waals surface area contributed by atoms with Crippen molar-refractivity contribution >= 4 is 11.3 Å². The quantitative estimate of drug-likeness (QED) is 0.787. The average Bonchev–Trinajstić information content (AvgIpc) is 2.54. The van der Waals surface area contributed by atoms with E-state index in [2.05, 4.69) is 10.4 Å². The van der Waals surface area contributed by atoms with Gasteiger partial charge in [0.1, 0.15) is 11.1 Å². The summed E-state index contributed by atoms with van der Waals surface area (Å²) in [6.45, 7) is 5.40. The Hall–Kier alpha value is -0.450. The Morgan fingerprint density at radius 2 is 2.46 bits per heavy atom. The number of nitrogens with two attached hydrogens (primary N) is 1. The maximum atomic E-state index is 5.44. The van der Waals surface area contributed by atoms with E-state index in [0.717, 1.165) is 23.7 Å². The molecule has 0 spiro atoms. The molecule has 0 radical (unpaired) electrons. The second kappa shape index (κ2) is 5.32. The molecule has 74 valence electrons. The molecule has 1 heterocycles. The van der Waals surface area contributed by atoms with Gasteiger partial charge in [-0.25, -0.2) is 4.98 Å². The van der Waals surface area contributed by atoms with Crippen LogP contribution in [0.1, 0.15) is 30.7 Å². The summed E-state index contributed by atoms with van der Waals surface area (Å²) < 4.78 is 5.44. The van der Waals surface area contributed by atoms with Gasteiger partial charge < -0.3 is 10.5 Å². The second-order valence-electron chi connectivity index (χ2n) is 2.81. The van der Waals surface area contributed by atoms with Crippen LogP contribution in [-0.2, 0) is 11.2 Å². The van der Waals surface area contributed by atoms with E-state index in [1.807, 2.05) is 13.8 Å². The van der Waals surface area contributed by atoms with Crippen LogP contribution in [0.2, 0.25) is 0 Å². The predicted octanol–water partition coefficient (Wildman–Crippen LogP) is 1.74. The Bertz CT molecular complexity index is 250. The van der Waals surface area contributed by atoms with Gasteiger partial charge >= 0.3 is 0 Å².